The maximum absolute atomic E-state index is 11.7. The summed E-state index contributed by atoms with van der Waals surface area (Å²) in [5, 5.41) is 16.0. The van der Waals surface area contributed by atoms with E-state index in [0.29, 0.717) is 5.69 Å². The van der Waals surface area contributed by atoms with Crippen LogP contribution in [0.3, 0.4) is 0 Å². The summed E-state index contributed by atoms with van der Waals surface area (Å²) >= 11 is 1.60. The predicted molar refractivity (Wildman–Crippen MR) is 101 cm³/mol. The lowest BCUT2D eigenvalue weighted by atomic mass is 10.1. The van der Waals surface area contributed by atoms with E-state index in [0.717, 1.165) is 4.47 Å². The third kappa shape index (κ3) is 3.69. The molecular weight excluding hydrogens is 410 g/mol. The van der Waals surface area contributed by atoms with E-state index in [2.05, 4.69) is 35.4 Å². The number of hydrogen-bond donors (Lipinski definition) is 4. The molecule has 1 aliphatic heterocycles. The Bertz CT molecular complexity index is 945. The van der Waals surface area contributed by atoms with Crippen LogP contribution in [0.25, 0.3) is 0 Å². The van der Waals surface area contributed by atoms with Gasteiger partial charge in [-0.1, -0.05) is 18.2 Å². The van der Waals surface area contributed by atoms with Crippen LogP contribution in [-0.2, 0) is 11.2 Å². The number of nitrogens with one attached hydrogen (secondary N) is 2. The van der Waals surface area contributed by atoms with Crippen LogP contribution >= 0.6 is 15.9 Å². The van der Waals surface area contributed by atoms with E-state index in [1.807, 2.05) is 18.2 Å². The molecule has 0 bridgehead atoms. The Morgan fingerprint density at radius 3 is 2.28 bits per heavy atom. The molecule has 10 heteroatoms. The van der Waals surface area contributed by atoms with Crippen LogP contribution in [0, 0.1) is 0 Å². The number of nitrogens with two attached hydrogens (primary N) is 1. The molecule has 0 saturated carbocycles. The van der Waals surface area contributed by atoms with Crippen molar-refractivity contribution in [3.63, 3.8) is 0 Å². The Morgan fingerprint density at radius 2 is 1.64 bits per heavy atom. The summed E-state index contributed by atoms with van der Waals surface area (Å²) < 4.78 is 20.3. The molecule has 0 aromatic heterocycles. The smallest absolute Gasteiger partial charge is 0.269 e. The van der Waals surface area contributed by atoms with Crippen LogP contribution in [0.15, 0.2) is 55.7 Å². The molecule has 25 heavy (non-hydrogen) atoms. The summed E-state index contributed by atoms with van der Waals surface area (Å²) in [6, 6.07) is 11.8. The minimum Gasteiger partial charge on any atom is -0.505 e. The highest BCUT2D eigenvalue weighted by Crippen LogP contribution is 2.28. The van der Waals surface area contributed by atoms with E-state index in [4.69, 9.17) is 5.73 Å². The van der Waals surface area contributed by atoms with Gasteiger partial charge in [-0.15, -0.1) is 8.80 Å². The average molecular weight is 422 g/mol. The van der Waals surface area contributed by atoms with Crippen molar-refractivity contribution in [3.8, 4) is 5.75 Å². The van der Waals surface area contributed by atoms with Crippen molar-refractivity contribution in [1.82, 2.24) is 0 Å². The van der Waals surface area contributed by atoms with Crippen LogP contribution in [0.1, 0.15) is 10.4 Å². The average Bonchev–Trinajstić information content (AvgIpc) is 2.90. The molecule has 1 unspecified atom stereocenters. The number of aromatic hydroxyl groups is 1. The first-order chi connectivity index (χ1) is 12.0. The van der Waals surface area contributed by atoms with E-state index >= 15 is 0 Å². The number of nitrogens with zero attached hydrogens (tertiary/aromatic N) is 2. The summed E-state index contributed by atoms with van der Waals surface area (Å²) in [4.78, 5) is 11.3. The topological polar surface area (TPSA) is 129 Å². The summed E-state index contributed by atoms with van der Waals surface area (Å²) in [6.07, 6.45) is 0. The molecular formula is C15H12BrN5O3S. The van der Waals surface area contributed by atoms with Gasteiger partial charge in [0.05, 0.1) is 16.9 Å². The third-order valence-corrected chi connectivity index (χ3v) is 4.61. The Balaban J connectivity index is 1.88. The van der Waals surface area contributed by atoms with Gasteiger partial charge in [0.1, 0.15) is 0 Å². The standard InChI is InChI=1S/C15H12BrN5O3S/c16-9-5-1-2-6-10(9)18-14-15(21-25(24)20-14)19-11-7-3-4-8(12(11)22)13(17)23/h1-7,22H,(H2,17,23)(H,18,20)(H,19,21). The molecule has 0 fully saturated rings. The lowest BCUT2D eigenvalue weighted by Crippen LogP contribution is -2.27. The van der Waals surface area contributed by atoms with E-state index < -0.39 is 17.1 Å². The second-order valence-corrected chi connectivity index (χ2v) is 6.59. The first-order valence-corrected chi connectivity index (χ1v) is 8.81. The van der Waals surface area contributed by atoms with Gasteiger partial charge in [0.15, 0.2) is 17.4 Å². The quantitative estimate of drug-likeness (QED) is 0.564. The van der Waals surface area contributed by atoms with E-state index in [1.54, 1.807) is 12.1 Å². The predicted octanol–water partition coefficient (Wildman–Crippen LogP) is 2.17. The second kappa shape index (κ2) is 7.03. The highest BCUT2D eigenvalue weighted by atomic mass is 79.9. The van der Waals surface area contributed by atoms with Crippen LogP contribution in [0.5, 0.6) is 5.75 Å². The van der Waals surface area contributed by atoms with Gasteiger partial charge in [-0.25, -0.2) is 4.21 Å². The molecule has 2 aromatic rings. The molecule has 1 heterocycles. The third-order valence-electron chi connectivity index (χ3n) is 3.24. The van der Waals surface area contributed by atoms with E-state index in [1.165, 1.54) is 12.1 Å². The summed E-state index contributed by atoms with van der Waals surface area (Å²) in [5.41, 5.74) is 6.06. The fourth-order valence-corrected chi connectivity index (χ4v) is 3.09. The minimum atomic E-state index is -1.80. The number of rotatable bonds is 3. The molecule has 0 aliphatic carbocycles. The summed E-state index contributed by atoms with van der Waals surface area (Å²) in [6.45, 7) is 0. The van der Waals surface area contributed by atoms with Crippen molar-refractivity contribution < 1.29 is 14.1 Å². The van der Waals surface area contributed by atoms with Crippen molar-refractivity contribution in [2.45, 2.75) is 0 Å². The Hall–Kier alpha value is -2.72. The number of hydrogen-bond acceptors (Lipinski definition) is 5. The monoisotopic (exact) mass is 421 g/mol. The van der Waals surface area contributed by atoms with Gasteiger partial charge in [0.2, 0.25) is 0 Å². The Labute approximate surface area is 153 Å². The lowest BCUT2D eigenvalue weighted by Gasteiger charge is -2.13. The molecule has 0 radical (unpaired) electrons. The van der Waals surface area contributed by atoms with Gasteiger partial charge >= 0.3 is 0 Å². The SMILES string of the molecule is NC(=O)c1cccc(NC2=NS(=O)N=C2Nc2ccccc2Br)c1O. The largest absolute Gasteiger partial charge is 0.505 e. The maximum atomic E-state index is 11.7. The van der Waals surface area contributed by atoms with Gasteiger partial charge in [-0.3, -0.25) is 4.79 Å². The molecule has 0 spiro atoms. The first-order valence-electron chi connectivity index (χ1n) is 6.96. The number of benzene rings is 2. The Kier molecular flexibility index (Phi) is 4.81. The second-order valence-electron chi connectivity index (χ2n) is 4.91. The van der Waals surface area contributed by atoms with Gasteiger partial charge < -0.3 is 21.5 Å². The van der Waals surface area contributed by atoms with Crippen molar-refractivity contribution in [3.05, 3.63) is 52.5 Å². The molecule has 1 amide bonds. The van der Waals surface area contributed by atoms with Crippen molar-refractivity contribution in [1.29, 1.82) is 0 Å². The molecule has 1 aliphatic rings. The molecule has 1 atom stereocenters. The summed E-state index contributed by atoms with van der Waals surface area (Å²) in [5.74, 6) is -0.700. The van der Waals surface area contributed by atoms with Gasteiger partial charge in [0, 0.05) is 4.47 Å². The van der Waals surface area contributed by atoms with Crippen LogP contribution in [-0.4, -0.2) is 26.9 Å². The highest BCUT2D eigenvalue weighted by molar-refractivity contribution is 9.10. The first kappa shape index (κ1) is 17.1. The van der Waals surface area contributed by atoms with Gasteiger partial charge in [-0.05, 0) is 40.2 Å². The molecule has 0 saturated heterocycles. The Morgan fingerprint density at radius 1 is 1.04 bits per heavy atom. The van der Waals surface area contributed by atoms with Crippen LogP contribution < -0.4 is 16.4 Å². The zero-order valence-electron chi connectivity index (χ0n) is 12.6. The number of phenols is 1. The number of primary amides is 1. The number of carbonyl (C=O) groups excluding carboxylic acids is 1. The zero-order chi connectivity index (χ0) is 18.0. The molecule has 2 aromatic carbocycles. The van der Waals surface area contributed by atoms with Gasteiger partial charge in [-0.2, -0.15) is 0 Å². The van der Waals surface area contributed by atoms with E-state index in [-0.39, 0.29) is 28.7 Å². The number of halogens is 1. The fraction of sp³-hybridized carbons (Fsp3) is 0. The number of amides is 1. The fourth-order valence-electron chi connectivity index (χ4n) is 2.09. The van der Waals surface area contributed by atoms with Crippen molar-refractivity contribution in [2.75, 3.05) is 10.6 Å². The number of amidine groups is 2. The molecule has 5 N–H and O–H groups in total. The molecule has 8 nitrogen and oxygen atoms in total. The number of anilines is 2. The van der Waals surface area contributed by atoms with Crippen molar-refractivity contribution >= 4 is 56.1 Å². The van der Waals surface area contributed by atoms with Crippen molar-refractivity contribution in [2.24, 2.45) is 14.5 Å². The van der Waals surface area contributed by atoms with E-state index in [9.17, 15) is 14.1 Å². The zero-order valence-corrected chi connectivity index (χ0v) is 15.0. The highest BCUT2D eigenvalue weighted by Gasteiger charge is 2.22. The number of carbonyl (C=O) groups is 1. The molecule has 3 rings (SSSR count). The number of para-hydroxylation sites is 2. The lowest BCUT2D eigenvalue weighted by molar-refractivity contribution is 0.0998. The molecule has 128 valence electrons. The van der Waals surface area contributed by atoms with Crippen LogP contribution in [0.2, 0.25) is 0 Å². The van der Waals surface area contributed by atoms with Crippen LogP contribution in [0.4, 0.5) is 11.4 Å². The maximum Gasteiger partial charge on any atom is 0.269 e. The minimum absolute atomic E-state index is 0.0398. The normalized spacial score (nSPS) is 16.1. The summed E-state index contributed by atoms with van der Waals surface area (Å²) in [7, 11) is 0. The van der Waals surface area contributed by atoms with Gasteiger partial charge in [0.25, 0.3) is 17.1 Å².